The van der Waals surface area contributed by atoms with E-state index in [1.807, 2.05) is 0 Å². The zero-order chi connectivity index (χ0) is 21.2. The standard InChI is InChI=1S/C24H34N4O3.HI/c1-2-25-23(27-19-16-7-12-31-20(16)24(19)8-3-4-9-24)26-10-11-28-21(29)17-14-5-6-15(13-14)18(17)22(28)30;/h5-6,14-20H,2-4,7-13H2,1H3,(H2,25,26,27);1H. The van der Waals surface area contributed by atoms with E-state index in [1.54, 1.807) is 0 Å². The minimum atomic E-state index is -0.116. The zero-order valence-corrected chi connectivity index (χ0v) is 21.1. The first-order chi connectivity index (χ1) is 15.1. The van der Waals surface area contributed by atoms with Gasteiger partial charge in [-0.3, -0.25) is 19.5 Å². The summed E-state index contributed by atoms with van der Waals surface area (Å²) < 4.78 is 6.11. The summed E-state index contributed by atoms with van der Waals surface area (Å²) in [5.41, 5.74) is 0.266. The molecule has 7 unspecified atom stereocenters. The average molecular weight is 554 g/mol. The van der Waals surface area contributed by atoms with Gasteiger partial charge in [0.05, 0.1) is 24.5 Å². The van der Waals surface area contributed by atoms with Gasteiger partial charge in [-0.05, 0) is 44.4 Å². The van der Waals surface area contributed by atoms with Crippen molar-refractivity contribution in [2.75, 3.05) is 26.2 Å². The quantitative estimate of drug-likeness (QED) is 0.179. The summed E-state index contributed by atoms with van der Waals surface area (Å²) in [5.74, 6) is 1.73. The highest BCUT2D eigenvalue weighted by molar-refractivity contribution is 14.0. The van der Waals surface area contributed by atoms with E-state index in [-0.39, 0.29) is 64.9 Å². The maximum absolute atomic E-state index is 12.9. The highest BCUT2D eigenvalue weighted by atomic mass is 127. The molecule has 1 spiro atoms. The van der Waals surface area contributed by atoms with Gasteiger partial charge >= 0.3 is 0 Å². The molecule has 6 rings (SSSR count). The third-order valence-corrected chi connectivity index (χ3v) is 9.08. The lowest BCUT2D eigenvalue weighted by molar-refractivity contribution is -0.140. The van der Waals surface area contributed by atoms with Crippen LogP contribution in [-0.4, -0.2) is 61.1 Å². The number of guanidine groups is 1. The lowest BCUT2D eigenvalue weighted by Gasteiger charge is -2.57. The summed E-state index contributed by atoms with van der Waals surface area (Å²) in [6.07, 6.45) is 11.9. The molecular formula is C24H35IN4O3. The smallest absolute Gasteiger partial charge is 0.233 e. The molecule has 32 heavy (non-hydrogen) atoms. The van der Waals surface area contributed by atoms with Crippen LogP contribution >= 0.6 is 24.0 Å². The van der Waals surface area contributed by atoms with Crippen LogP contribution in [-0.2, 0) is 14.3 Å². The van der Waals surface area contributed by atoms with Gasteiger partial charge in [-0.25, -0.2) is 0 Å². The van der Waals surface area contributed by atoms with Gasteiger partial charge in [-0.15, -0.1) is 24.0 Å². The molecule has 2 N–H and O–H groups in total. The molecule has 2 saturated heterocycles. The van der Waals surface area contributed by atoms with Gasteiger partial charge in [0, 0.05) is 37.1 Å². The molecule has 7 atom stereocenters. The molecule has 2 aliphatic heterocycles. The monoisotopic (exact) mass is 554 g/mol. The van der Waals surface area contributed by atoms with Crippen molar-refractivity contribution < 1.29 is 14.3 Å². The summed E-state index contributed by atoms with van der Waals surface area (Å²) in [5, 5.41) is 7.11. The van der Waals surface area contributed by atoms with Crippen LogP contribution in [0.1, 0.15) is 45.4 Å². The lowest BCUT2D eigenvalue weighted by atomic mass is 9.54. The van der Waals surface area contributed by atoms with E-state index in [0.717, 1.165) is 32.0 Å². The molecule has 2 amide bonds. The second-order valence-corrected chi connectivity index (χ2v) is 10.4. The molecule has 7 nitrogen and oxygen atoms in total. The number of hydrogen-bond acceptors (Lipinski definition) is 4. The van der Waals surface area contributed by atoms with Crippen LogP contribution in [0.5, 0.6) is 0 Å². The molecule has 5 fully saturated rings. The van der Waals surface area contributed by atoms with Gasteiger partial charge in [0.1, 0.15) is 0 Å². The third kappa shape index (κ3) is 3.18. The van der Waals surface area contributed by atoms with E-state index in [2.05, 4.69) is 29.7 Å². The Hall–Kier alpha value is -1.16. The first-order valence-corrected chi connectivity index (χ1v) is 12.3. The van der Waals surface area contributed by atoms with Gasteiger partial charge in [-0.2, -0.15) is 0 Å². The molecule has 8 heteroatoms. The Kier molecular flexibility index (Phi) is 6.05. The Bertz CT molecular complexity index is 809. The number of likely N-dealkylation sites (tertiary alicyclic amines) is 1. The SMILES string of the molecule is CCNC(=NCCN1C(=O)C2C3C=CC(C3)C2C1=O)NC1C2CCOC2C12CCCC2.I. The number of nitrogens with one attached hydrogen (secondary N) is 2. The second kappa shape index (κ2) is 8.56. The molecule has 6 aliphatic rings. The Balaban J connectivity index is 0.00000216. The highest BCUT2D eigenvalue weighted by Gasteiger charge is 2.65. The van der Waals surface area contributed by atoms with Crippen molar-refractivity contribution in [3.05, 3.63) is 12.2 Å². The Morgan fingerprint density at radius 1 is 1.19 bits per heavy atom. The molecule has 176 valence electrons. The molecular weight excluding hydrogens is 519 g/mol. The maximum atomic E-state index is 12.9. The van der Waals surface area contributed by atoms with Crippen LogP contribution in [0.4, 0.5) is 0 Å². The number of amides is 2. The molecule has 0 radical (unpaired) electrons. The van der Waals surface area contributed by atoms with Gasteiger partial charge in [-0.1, -0.05) is 25.0 Å². The van der Waals surface area contributed by atoms with E-state index < -0.39 is 0 Å². The number of nitrogens with zero attached hydrogens (tertiary/aromatic N) is 2. The van der Waals surface area contributed by atoms with Gasteiger partial charge in [0.25, 0.3) is 0 Å². The largest absolute Gasteiger partial charge is 0.377 e. The van der Waals surface area contributed by atoms with Gasteiger partial charge in [0.15, 0.2) is 5.96 Å². The van der Waals surface area contributed by atoms with Crippen LogP contribution in [0.3, 0.4) is 0 Å². The van der Waals surface area contributed by atoms with Crippen molar-refractivity contribution in [1.29, 1.82) is 0 Å². The number of halogens is 1. The first kappa shape index (κ1) is 22.6. The summed E-state index contributed by atoms with van der Waals surface area (Å²) in [6, 6.07) is 0.413. The van der Waals surface area contributed by atoms with E-state index in [4.69, 9.17) is 9.73 Å². The Labute approximate surface area is 207 Å². The second-order valence-electron chi connectivity index (χ2n) is 10.4. The predicted octanol–water partition coefficient (Wildman–Crippen LogP) is 2.31. The summed E-state index contributed by atoms with van der Waals surface area (Å²) >= 11 is 0. The van der Waals surface area contributed by atoms with E-state index in [1.165, 1.54) is 30.6 Å². The summed E-state index contributed by atoms with van der Waals surface area (Å²) in [6.45, 7) is 4.56. The van der Waals surface area contributed by atoms with Crippen molar-refractivity contribution in [3.8, 4) is 0 Å². The third-order valence-electron chi connectivity index (χ3n) is 9.08. The van der Waals surface area contributed by atoms with Crippen LogP contribution in [0.2, 0.25) is 0 Å². The van der Waals surface area contributed by atoms with Crippen molar-refractivity contribution >= 4 is 41.8 Å². The fourth-order valence-corrected chi connectivity index (χ4v) is 7.82. The number of ether oxygens (including phenoxy) is 1. The average Bonchev–Trinajstić information content (AvgIpc) is 3.57. The van der Waals surface area contributed by atoms with E-state index in [9.17, 15) is 9.59 Å². The van der Waals surface area contributed by atoms with E-state index in [0.29, 0.717) is 31.2 Å². The lowest BCUT2D eigenvalue weighted by Crippen LogP contribution is -2.69. The number of carbonyl (C=O) groups is 2. The van der Waals surface area contributed by atoms with Crippen molar-refractivity contribution in [2.45, 2.75) is 57.6 Å². The fourth-order valence-electron chi connectivity index (χ4n) is 7.82. The zero-order valence-electron chi connectivity index (χ0n) is 18.8. The number of imide groups is 1. The molecule has 3 saturated carbocycles. The number of aliphatic imine (C=N–C) groups is 1. The van der Waals surface area contributed by atoms with Gasteiger partial charge < -0.3 is 15.4 Å². The number of rotatable bonds is 5. The van der Waals surface area contributed by atoms with Crippen molar-refractivity contribution in [3.63, 3.8) is 0 Å². The molecule has 0 aromatic heterocycles. The number of allylic oxidation sites excluding steroid dienone is 2. The van der Waals surface area contributed by atoms with E-state index >= 15 is 0 Å². The minimum absolute atomic E-state index is 0. The summed E-state index contributed by atoms with van der Waals surface area (Å²) in [7, 11) is 0. The minimum Gasteiger partial charge on any atom is -0.377 e. The predicted molar refractivity (Wildman–Crippen MR) is 132 cm³/mol. The molecule has 2 heterocycles. The number of carbonyl (C=O) groups excluding carboxylic acids is 2. The van der Waals surface area contributed by atoms with Crippen LogP contribution in [0, 0.1) is 35.0 Å². The molecule has 0 aromatic carbocycles. The van der Waals surface area contributed by atoms with Crippen LogP contribution in [0.25, 0.3) is 0 Å². The molecule has 0 aromatic rings. The highest BCUT2D eigenvalue weighted by Crippen LogP contribution is 2.60. The Morgan fingerprint density at radius 2 is 1.88 bits per heavy atom. The maximum Gasteiger partial charge on any atom is 0.233 e. The topological polar surface area (TPSA) is 83.0 Å². The van der Waals surface area contributed by atoms with Gasteiger partial charge in [0.2, 0.25) is 11.8 Å². The van der Waals surface area contributed by atoms with Crippen molar-refractivity contribution in [1.82, 2.24) is 15.5 Å². The Morgan fingerprint density at radius 3 is 2.53 bits per heavy atom. The number of hydrogen-bond donors (Lipinski definition) is 2. The van der Waals surface area contributed by atoms with Crippen molar-refractivity contribution in [2.24, 2.45) is 40.0 Å². The fraction of sp³-hybridized carbons (Fsp3) is 0.792. The first-order valence-electron chi connectivity index (χ1n) is 12.3. The normalized spacial score (nSPS) is 40.5. The number of fused-ring (bicyclic) bond motifs is 7. The molecule has 2 bridgehead atoms. The van der Waals surface area contributed by atoms with Crippen LogP contribution in [0.15, 0.2) is 17.1 Å². The van der Waals surface area contributed by atoms with Crippen LogP contribution < -0.4 is 10.6 Å². The summed E-state index contributed by atoms with van der Waals surface area (Å²) in [4.78, 5) is 32.0. The molecule has 4 aliphatic carbocycles.